The third-order valence-corrected chi connectivity index (χ3v) is 5.86. The number of carbonyl (C=O) groups is 7. The van der Waals surface area contributed by atoms with Crippen LogP contribution in [0.25, 0.3) is 0 Å². The van der Waals surface area contributed by atoms with Crippen LogP contribution in [0.2, 0.25) is 0 Å². The Morgan fingerprint density at radius 3 is 1.62 bits per heavy atom. The van der Waals surface area contributed by atoms with E-state index < -0.39 is 85.2 Å². The second-order valence-electron chi connectivity index (χ2n) is 10.8. The largest absolute Gasteiger partial charge is 0.481 e. The van der Waals surface area contributed by atoms with E-state index in [-0.39, 0.29) is 24.7 Å². The van der Waals surface area contributed by atoms with Gasteiger partial charge >= 0.3 is 11.9 Å². The summed E-state index contributed by atoms with van der Waals surface area (Å²) in [6.07, 6.45) is 0.901. The number of rotatable bonds is 21. The number of hydrogen-bond donors (Lipinski definition) is 9. The molecule has 0 aliphatic carbocycles. The number of carbonyl (C=O) groups excluding carboxylic acids is 5. The first kappa shape index (κ1) is 38.2. The van der Waals surface area contributed by atoms with Crippen LogP contribution in [-0.2, 0) is 33.6 Å². The highest BCUT2D eigenvalue weighted by molar-refractivity contribution is 5.95. The van der Waals surface area contributed by atoms with Gasteiger partial charge in [0.1, 0.15) is 18.1 Å². The number of nitrogens with two attached hydrogens (primary N) is 2. The second kappa shape index (κ2) is 20.1. The molecule has 5 amide bonds. The van der Waals surface area contributed by atoms with Crippen molar-refractivity contribution in [1.29, 1.82) is 0 Å². The summed E-state index contributed by atoms with van der Waals surface area (Å²) >= 11 is 0. The van der Waals surface area contributed by atoms with E-state index in [0.717, 1.165) is 0 Å². The summed E-state index contributed by atoms with van der Waals surface area (Å²) in [7, 11) is 0. The summed E-state index contributed by atoms with van der Waals surface area (Å²) in [6, 6.07) is -4.69. The smallest absolute Gasteiger partial charge is 0.326 e. The Hall–Kier alpha value is -3.79. The van der Waals surface area contributed by atoms with Crippen LogP contribution in [0.3, 0.4) is 0 Å². The van der Waals surface area contributed by atoms with E-state index in [9.17, 15) is 38.7 Å². The summed E-state index contributed by atoms with van der Waals surface area (Å²) in [6.45, 7) is 6.45. The number of aliphatic carboxylic acids is 2. The van der Waals surface area contributed by atoms with Crippen LogP contribution in [0.15, 0.2) is 0 Å². The van der Waals surface area contributed by atoms with Crippen molar-refractivity contribution >= 4 is 41.5 Å². The minimum atomic E-state index is -1.49. The number of unbranched alkanes of at least 4 members (excludes halogenated alkanes) is 1. The lowest BCUT2D eigenvalue weighted by Gasteiger charge is -2.21. The van der Waals surface area contributed by atoms with Crippen molar-refractivity contribution in [2.24, 2.45) is 23.3 Å². The molecule has 0 unspecified atom stereocenters. The van der Waals surface area contributed by atoms with Crippen LogP contribution in [-0.4, -0.2) is 95.5 Å². The first-order chi connectivity index (χ1) is 19.6. The molecule has 0 spiro atoms. The lowest BCUT2D eigenvalue weighted by atomic mass is 10.0. The minimum absolute atomic E-state index is 0.00162. The molecule has 0 rings (SSSR count). The van der Waals surface area contributed by atoms with E-state index in [4.69, 9.17) is 16.6 Å². The Morgan fingerprint density at radius 2 is 1.17 bits per heavy atom. The Labute approximate surface area is 245 Å². The van der Waals surface area contributed by atoms with Crippen molar-refractivity contribution in [2.45, 2.75) is 90.4 Å². The Morgan fingerprint density at radius 1 is 0.667 bits per heavy atom. The van der Waals surface area contributed by atoms with Gasteiger partial charge in [-0.25, -0.2) is 4.79 Å². The fraction of sp³-hybridized carbons (Fsp3) is 0.731. The van der Waals surface area contributed by atoms with Crippen LogP contribution >= 0.6 is 0 Å². The lowest BCUT2D eigenvalue weighted by Crippen LogP contribution is -2.55. The normalized spacial score (nSPS) is 13.8. The number of hydrogen-bond acceptors (Lipinski definition) is 9. The van der Waals surface area contributed by atoms with Gasteiger partial charge in [-0.05, 0) is 50.5 Å². The quantitative estimate of drug-likeness (QED) is 0.0636. The molecule has 0 aromatic rings. The average molecular weight is 602 g/mol. The average Bonchev–Trinajstić information content (AvgIpc) is 2.88. The summed E-state index contributed by atoms with van der Waals surface area (Å²) in [4.78, 5) is 85.0. The van der Waals surface area contributed by atoms with Crippen molar-refractivity contribution in [3.8, 4) is 0 Å². The van der Waals surface area contributed by atoms with Crippen LogP contribution < -0.4 is 38.1 Å². The zero-order valence-electron chi connectivity index (χ0n) is 24.7. The third-order valence-electron chi connectivity index (χ3n) is 5.86. The van der Waals surface area contributed by atoms with Gasteiger partial charge in [0, 0.05) is 0 Å². The highest BCUT2D eigenvalue weighted by atomic mass is 16.4. The molecule has 0 aliphatic rings. The van der Waals surface area contributed by atoms with E-state index >= 15 is 0 Å². The topological polar surface area (TPSA) is 272 Å². The van der Waals surface area contributed by atoms with E-state index in [1.165, 1.54) is 0 Å². The SMILES string of the molecule is CC(C)C[C@H](NC(=O)CNC(=O)[C@H](CCCCN)NC(=O)CNC(=O)[C@H](CC(=O)O)NC(=O)[C@@H](N)CC(C)C)C(=O)O. The predicted octanol–water partition coefficient (Wildman–Crippen LogP) is -2.22. The van der Waals surface area contributed by atoms with Crippen LogP contribution in [0.5, 0.6) is 0 Å². The Balaban J connectivity index is 5.17. The maximum absolute atomic E-state index is 12.7. The molecular formula is C26H47N7O9. The minimum Gasteiger partial charge on any atom is -0.481 e. The molecule has 0 fully saturated rings. The van der Waals surface area contributed by atoms with Gasteiger partial charge in [0.15, 0.2) is 0 Å². The van der Waals surface area contributed by atoms with E-state index in [0.29, 0.717) is 25.8 Å². The summed E-state index contributed by atoms with van der Waals surface area (Å²) in [5.74, 6) is -6.37. The van der Waals surface area contributed by atoms with Gasteiger partial charge in [0.05, 0.1) is 25.6 Å². The predicted molar refractivity (Wildman–Crippen MR) is 151 cm³/mol. The molecule has 0 aromatic heterocycles. The summed E-state index contributed by atoms with van der Waals surface area (Å²) < 4.78 is 0. The van der Waals surface area contributed by atoms with Crippen molar-refractivity contribution in [2.75, 3.05) is 19.6 Å². The molecule has 0 bridgehead atoms. The molecule has 16 heteroatoms. The zero-order valence-corrected chi connectivity index (χ0v) is 24.7. The Bertz CT molecular complexity index is 943. The maximum atomic E-state index is 12.7. The summed E-state index contributed by atoms with van der Waals surface area (Å²) in [5.41, 5.74) is 11.3. The van der Waals surface area contributed by atoms with Gasteiger partial charge < -0.3 is 48.3 Å². The summed E-state index contributed by atoms with van der Waals surface area (Å²) in [5, 5.41) is 30.1. The molecule has 0 saturated heterocycles. The van der Waals surface area contributed by atoms with Crippen molar-refractivity contribution in [3.05, 3.63) is 0 Å². The molecule has 0 saturated carbocycles. The fourth-order valence-corrected chi connectivity index (χ4v) is 3.80. The fourth-order valence-electron chi connectivity index (χ4n) is 3.80. The van der Waals surface area contributed by atoms with Gasteiger partial charge in [0.25, 0.3) is 0 Å². The maximum Gasteiger partial charge on any atom is 0.326 e. The van der Waals surface area contributed by atoms with Crippen molar-refractivity contribution < 1.29 is 43.8 Å². The monoisotopic (exact) mass is 601 g/mol. The lowest BCUT2D eigenvalue weighted by molar-refractivity contribution is -0.142. The number of amides is 5. The van der Waals surface area contributed by atoms with Crippen molar-refractivity contribution in [3.63, 3.8) is 0 Å². The first-order valence-electron chi connectivity index (χ1n) is 13.9. The molecule has 42 heavy (non-hydrogen) atoms. The van der Waals surface area contributed by atoms with Gasteiger partial charge in [-0.2, -0.15) is 0 Å². The van der Waals surface area contributed by atoms with Crippen LogP contribution in [0.4, 0.5) is 0 Å². The first-order valence-corrected chi connectivity index (χ1v) is 13.9. The molecule has 240 valence electrons. The number of carboxylic acids is 2. The van der Waals surface area contributed by atoms with Gasteiger partial charge in [-0.3, -0.25) is 28.8 Å². The standard InChI is InChI=1S/C26H47N7O9/c1-14(2)9-16(28)23(38)33-18(11-22(36)37)25(40)30-12-20(34)31-17(7-5-6-8-27)24(39)29-13-21(35)32-19(26(41)42)10-15(3)4/h14-19H,5-13,27-28H2,1-4H3,(H,29,39)(H,30,40)(H,31,34)(H,32,35)(H,33,38)(H,36,37)(H,41,42)/t16-,17-,18-,19-/m0/s1. The van der Waals surface area contributed by atoms with Crippen molar-refractivity contribution in [1.82, 2.24) is 26.6 Å². The van der Waals surface area contributed by atoms with Gasteiger partial charge in [-0.1, -0.05) is 27.7 Å². The molecule has 16 nitrogen and oxygen atoms in total. The van der Waals surface area contributed by atoms with E-state index in [1.54, 1.807) is 13.8 Å². The van der Waals surface area contributed by atoms with Crippen LogP contribution in [0.1, 0.15) is 66.2 Å². The Kier molecular flexibility index (Phi) is 18.3. The van der Waals surface area contributed by atoms with Crippen LogP contribution in [0, 0.1) is 11.8 Å². The zero-order chi connectivity index (χ0) is 32.4. The molecule has 0 heterocycles. The highest BCUT2D eigenvalue weighted by Gasteiger charge is 2.28. The molecule has 11 N–H and O–H groups in total. The van der Waals surface area contributed by atoms with E-state index in [2.05, 4.69) is 26.6 Å². The molecule has 0 aliphatic heterocycles. The van der Waals surface area contributed by atoms with E-state index in [1.807, 2.05) is 13.8 Å². The molecule has 4 atom stereocenters. The third kappa shape index (κ3) is 17.1. The second-order valence-corrected chi connectivity index (χ2v) is 10.8. The number of nitrogens with one attached hydrogen (secondary N) is 5. The highest BCUT2D eigenvalue weighted by Crippen LogP contribution is 2.06. The molecule has 0 aromatic carbocycles. The number of carboxylic acid groups (broad SMARTS) is 2. The van der Waals surface area contributed by atoms with Gasteiger partial charge in [-0.15, -0.1) is 0 Å². The van der Waals surface area contributed by atoms with Gasteiger partial charge in [0.2, 0.25) is 29.5 Å². The molecular weight excluding hydrogens is 554 g/mol. The molecule has 0 radical (unpaired) electrons.